The molecule has 21 heavy (non-hydrogen) atoms. The number of rotatable bonds is 7. The van der Waals surface area contributed by atoms with Gasteiger partial charge >= 0.3 is 0 Å². The minimum Gasteiger partial charge on any atom is -0.389 e. The summed E-state index contributed by atoms with van der Waals surface area (Å²) in [5, 5.41) is 13.4. The van der Waals surface area contributed by atoms with E-state index in [0.29, 0.717) is 19.3 Å². The lowest BCUT2D eigenvalue weighted by atomic mass is 9.89. The topological polar surface area (TPSA) is 41.5 Å². The van der Waals surface area contributed by atoms with E-state index in [1.807, 2.05) is 18.2 Å². The molecule has 0 saturated heterocycles. The lowest BCUT2D eigenvalue weighted by Crippen LogP contribution is -2.29. The first-order valence-electron chi connectivity index (χ1n) is 7.85. The van der Waals surface area contributed by atoms with Gasteiger partial charge in [-0.1, -0.05) is 19.1 Å². The van der Waals surface area contributed by atoms with Gasteiger partial charge in [0.25, 0.3) is 0 Å². The first-order chi connectivity index (χ1) is 10.2. The van der Waals surface area contributed by atoms with Gasteiger partial charge in [0.15, 0.2) is 0 Å². The average Bonchev–Trinajstić information content (AvgIpc) is 2.52. The van der Waals surface area contributed by atoms with Crippen molar-refractivity contribution in [2.75, 3.05) is 24.7 Å². The number of aliphatic hydroxyl groups is 1. The van der Waals surface area contributed by atoms with Gasteiger partial charge in [-0.3, -0.25) is 0 Å². The minimum absolute atomic E-state index is 0.342. The third-order valence-electron chi connectivity index (χ3n) is 4.12. The standard InChI is InChI=1S/C17H27NO2S/c1-13-7-9-15(10-8-13)20-12-14(19)11-18-16-5-3-4-6-17(16)21-2/h3-6,13-15,18-19H,7-12H2,1-2H3. The van der Waals surface area contributed by atoms with Crippen LogP contribution in [0.3, 0.4) is 0 Å². The van der Waals surface area contributed by atoms with Crippen LogP contribution >= 0.6 is 11.8 Å². The zero-order valence-corrected chi connectivity index (χ0v) is 13.9. The van der Waals surface area contributed by atoms with E-state index >= 15 is 0 Å². The molecule has 1 saturated carbocycles. The van der Waals surface area contributed by atoms with Crippen molar-refractivity contribution in [1.29, 1.82) is 0 Å². The molecule has 1 aromatic rings. The first kappa shape index (κ1) is 16.7. The highest BCUT2D eigenvalue weighted by molar-refractivity contribution is 7.98. The Morgan fingerprint density at radius 1 is 1.29 bits per heavy atom. The molecule has 2 rings (SSSR count). The second-order valence-electron chi connectivity index (χ2n) is 5.95. The summed E-state index contributed by atoms with van der Waals surface area (Å²) in [6, 6.07) is 8.16. The van der Waals surface area contributed by atoms with E-state index in [1.165, 1.54) is 17.7 Å². The predicted molar refractivity (Wildman–Crippen MR) is 90.1 cm³/mol. The van der Waals surface area contributed by atoms with Crippen molar-refractivity contribution in [3.8, 4) is 0 Å². The Bertz CT molecular complexity index is 419. The molecule has 1 aliphatic rings. The molecule has 2 N–H and O–H groups in total. The molecule has 1 atom stereocenters. The van der Waals surface area contributed by atoms with E-state index in [1.54, 1.807) is 11.8 Å². The normalized spacial score (nSPS) is 23.8. The number of ether oxygens (including phenoxy) is 1. The maximum atomic E-state index is 10.1. The quantitative estimate of drug-likeness (QED) is 0.752. The fourth-order valence-corrected chi connectivity index (χ4v) is 3.30. The molecule has 1 unspecified atom stereocenters. The van der Waals surface area contributed by atoms with Crippen LogP contribution in [0.4, 0.5) is 5.69 Å². The second kappa shape index (κ2) is 8.66. The molecule has 0 radical (unpaired) electrons. The van der Waals surface area contributed by atoms with Gasteiger partial charge in [-0.25, -0.2) is 0 Å². The Hall–Kier alpha value is -0.710. The molecule has 0 aliphatic heterocycles. The lowest BCUT2D eigenvalue weighted by molar-refractivity contribution is -0.0245. The molecule has 0 amide bonds. The molecule has 0 aromatic heterocycles. The van der Waals surface area contributed by atoms with Crippen molar-refractivity contribution in [3.05, 3.63) is 24.3 Å². The van der Waals surface area contributed by atoms with Crippen LogP contribution in [0.1, 0.15) is 32.6 Å². The number of hydrogen-bond acceptors (Lipinski definition) is 4. The van der Waals surface area contributed by atoms with Crippen molar-refractivity contribution < 1.29 is 9.84 Å². The van der Waals surface area contributed by atoms with Crippen molar-refractivity contribution in [1.82, 2.24) is 0 Å². The summed E-state index contributed by atoms with van der Waals surface area (Å²) in [7, 11) is 0. The Balaban J connectivity index is 1.68. The smallest absolute Gasteiger partial charge is 0.0945 e. The van der Waals surface area contributed by atoms with Crippen molar-refractivity contribution >= 4 is 17.4 Å². The van der Waals surface area contributed by atoms with Crippen LogP contribution in [0.25, 0.3) is 0 Å². The molecule has 3 nitrogen and oxygen atoms in total. The summed E-state index contributed by atoms with van der Waals surface area (Å²) < 4.78 is 5.84. The fourth-order valence-electron chi connectivity index (χ4n) is 2.72. The van der Waals surface area contributed by atoms with Crippen LogP contribution in [0, 0.1) is 5.92 Å². The zero-order valence-electron chi connectivity index (χ0n) is 13.0. The maximum Gasteiger partial charge on any atom is 0.0945 e. The van der Waals surface area contributed by atoms with E-state index in [-0.39, 0.29) is 0 Å². The molecular formula is C17H27NO2S. The van der Waals surface area contributed by atoms with Crippen LogP contribution < -0.4 is 5.32 Å². The lowest BCUT2D eigenvalue weighted by Gasteiger charge is -2.27. The maximum absolute atomic E-state index is 10.1. The third-order valence-corrected chi connectivity index (χ3v) is 4.92. The van der Waals surface area contributed by atoms with E-state index in [0.717, 1.165) is 24.4 Å². The molecule has 0 spiro atoms. The molecule has 0 heterocycles. The van der Waals surface area contributed by atoms with Gasteiger partial charge in [0.2, 0.25) is 0 Å². The predicted octanol–water partition coefficient (Wildman–Crippen LogP) is 3.78. The van der Waals surface area contributed by atoms with Gasteiger partial charge in [-0.05, 0) is 50.0 Å². The van der Waals surface area contributed by atoms with E-state index in [2.05, 4.69) is 24.6 Å². The number of anilines is 1. The van der Waals surface area contributed by atoms with E-state index in [9.17, 15) is 5.11 Å². The van der Waals surface area contributed by atoms with Crippen LogP contribution in [-0.4, -0.2) is 36.7 Å². The van der Waals surface area contributed by atoms with Crippen molar-refractivity contribution in [3.63, 3.8) is 0 Å². The number of benzene rings is 1. The van der Waals surface area contributed by atoms with Gasteiger partial charge in [-0.2, -0.15) is 0 Å². The number of aliphatic hydroxyl groups excluding tert-OH is 1. The van der Waals surface area contributed by atoms with Gasteiger partial charge in [0.1, 0.15) is 0 Å². The largest absolute Gasteiger partial charge is 0.389 e. The second-order valence-corrected chi connectivity index (χ2v) is 6.80. The molecule has 118 valence electrons. The SMILES string of the molecule is CSc1ccccc1NCC(O)COC1CCC(C)CC1. The van der Waals surface area contributed by atoms with Crippen LogP contribution in [0.5, 0.6) is 0 Å². The average molecular weight is 309 g/mol. The highest BCUT2D eigenvalue weighted by Crippen LogP contribution is 2.26. The Labute approximate surface area is 132 Å². The number of nitrogens with one attached hydrogen (secondary N) is 1. The minimum atomic E-state index is -0.459. The Morgan fingerprint density at radius 2 is 2.00 bits per heavy atom. The van der Waals surface area contributed by atoms with Crippen LogP contribution in [0.2, 0.25) is 0 Å². The van der Waals surface area contributed by atoms with Gasteiger partial charge in [0, 0.05) is 17.1 Å². The summed E-state index contributed by atoms with van der Waals surface area (Å²) >= 11 is 1.71. The summed E-state index contributed by atoms with van der Waals surface area (Å²) in [5.41, 5.74) is 1.08. The number of thioether (sulfide) groups is 1. The van der Waals surface area contributed by atoms with E-state index < -0.39 is 6.10 Å². The van der Waals surface area contributed by atoms with Gasteiger partial charge in [0.05, 0.1) is 18.8 Å². The summed E-state index contributed by atoms with van der Waals surface area (Å²) in [6.45, 7) is 3.26. The molecule has 4 heteroatoms. The Morgan fingerprint density at radius 3 is 2.71 bits per heavy atom. The van der Waals surface area contributed by atoms with Crippen molar-refractivity contribution in [2.24, 2.45) is 5.92 Å². The highest BCUT2D eigenvalue weighted by Gasteiger charge is 2.19. The fraction of sp³-hybridized carbons (Fsp3) is 0.647. The molecule has 0 bridgehead atoms. The third kappa shape index (κ3) is 5.53. The monoisotopic (exact) mass is 309 g/mol. The summed E-state index contributed by atoms with van der Waals surface area (Å²) in [5.74, 6) is 0.833. The Kier molecular flexibility index (Phi) is 6.87. The van der Waals surface area contributed by atoms with Crippen molar-refractivity contribution in [2.45, 2.75) is 49.7 Å². The van der Waals surface area contributed by atoms with Crippen LogP contribution in [0.15, 0.2) is 29.2 Å². The van der Waals surface area contributed by atoms with Crippen LogP contribution in [-0.2, 0) is 4.74 Å². The molecule has 1 aromatic carbocycles. The van der Waals surface area contributed by atoms with E-state index in [4.69, 9.17) is 4.74 Å². The number of hydrogen-bond donors (Lipinski definition) is 2. The number of para-hydroxylation sites is 1. The molecule has 1 fully saturated rings. The first-order valence-corrected chi connectivity index (χ1v) is 9.08. The highest BCUT2D eigenvalue weighted by atomic mass is 32.2. The molecular weight excluding hydrogens is 282 g/mol. The molecule has 1 aliphatic carbocycles. The zero-order chi connectivity index (χ0) is 15.1. The van der Waals surface area contributed by atoms with Gasteiger partial charge in [-0.15, -0.1) is 11.8 Å². The summed E-state index contributed by atoms with van der Waals surface area (Å²) in [4.78, 5) is 1.20. The van der Waals surface area contributed by atoms with Gasteiger partial charge < -0.3 is 15.2 Å². The summed E-state index contributed by atoms with van der Waals surface area (Å²) in [6.07, 6.45) is 6.71.